The molecule has 1 aliphatic heterocycles. The van der Waals surface area contributed by atoms with Crippen molar-refractivity contribution < 1.29 is 19.1 Å². The Morgan fingerprint density at radius 3 is 2.76 bits per heavy atom. The third-order valence-electron chi connectivity index (χ3n) is 4.61. The molecule has 2 aromatic rings. The molecule has 3 rings (SSSR count). The maximum atomic E-state index is 14.3. The van der Waals surface area contributed by atoms with Crippen molar-refractivity contribution >= 4 is 11.9 Å². The molecule has 1 aromatic heterocycles. The van der Waals surface area contributed by atoms with E-state index in [0.717, 1.165) is 5.56 Å². The topological polar surface area (TPSA) is 70.5 Å². The Bertz CT molecular complexity index is 766. The zero-order valence-electron chi connectivity index (χ0n) is 13.6. The lowest BCUT2D eigenvalue weighted by molar-refractivity contribution is -0.152. The average molecular weight is 342 g/mol. The summed E-state index contributed by atoms with van der Waals surface area (Å²) in [6, 6.07) is 8.99. The highest BCUT2D eigenvalue weighted by Crippen LogP contribution is 2.38. The van der Waals surface area contributed by atoms with Crippen LogP contribution in [0.3, 0.4) is 0 Å². The van der Waals surface area contributed by atoms with Crippen molar-refractivity contribution in [2.75, 3.05) is 6.54 Å². The van der Waals surface area contributed by atoms with Crippen molar-refractivity contribution in [3.05, 3.63) is 65.7 Å². The van der Waals surface area contributed by atoms with Gasteiger partial charge in [0.2, 0.25) is 5.91 Å². The number of aromatic nitrogens is 1. The molecule has 1 amide bonds. The number of amides is 1. The molecule has 0 bridgehead atoms. The van der Waals surface area contributed by atoms with E-state index in [1.54, 1.807) is 30.6 Å². The molecule has 1 N–H and O–H groups in total. The van der Waals surface area contributed by atoms with Gasteiger partial charge in [-0.2, -0.15) is 0 Å². The summed E-state index contributed by atoms with van der Waals surface area (Å²) in [6.45, 7) is 0.327. The second-order valence-corrected chi connectivity index (χ2v) is 6.15. The molecule has 2 atom stereocenters. The summed E-state index contributed by atoms with van der Waals surface area (Å²) in [6.07, 6.45) is 4.29. The number of likely N-dealkylation sites (tertiary alicyclic amines) is 1. The van der Waals surface area contributed by atoms with Crippen molar-refractivity contribution in [2.45, 2.75) is 25.3 Å². The van der Waals surface area contributed by atoms with Gasteiger partial charge >= 0.3 is 5.97 Å². The van der Waals surface area contributed by atoms with Gasteiger partial charge in [0.1, 0.15) is 5.82 Å². The predicted octanol–water partition coefficient (Wildman–Crippen LogP) is 2.83. The van der Waals surface area contributed by atoms with Crippen LogP contribution in [0.25, 0.3) is 0 Å². The maximum Gasteiger partial charge on any atom is 0.308 e. The Morgan fingerprint density at radius 1 is 1.28 bits per heavy atom. The number of carbonyl (C=O) groups excluding carboxylic acids is 1. The van der Waals surface area contributed by atoms with Crippen molar-refractivity contribution in [3.8, 4) is 0 Å². The molecule has 0 unspecified atom stereocenters. The van der Waals surface area contributed by atoms with Crippen molar-refractivity contribution in [1.82, 2.24) is 9.88 Å². The quantitative estimate of drug-likeness (QED) is 0.907. The first kappa shape index (κ1) is 17.1. The number of carbonyl (C=O) groups is 2. The molecule has 130 valence electrons. The number of hydrogen-bond donors (Lipinski definition) is 1. The number of rotatable bonds is 5. The molecular weight excluding hydrogens is 323 g/mol. The molecule has 5 nitrogen and oxygen atoms in total. The standard InChI is InChI=1S/C19H19FN2O3/c20-16-6-2-1-5-14(16)18-15(19(24)25)7-8-17(23)22(18)11-9-13-4-3-10-21-12-13/h1-6,10,12,15,18H,7-9,11H2,(H,24,25)/t15-,18+/m0/s1. The lowest BCUT2D eigenvalue weighted by Gasteiger charge is -2.40. The molecule has 1 aliphatic rings. The first-order chi connectivity index (χ1) is 12.1. The first-order valence-corrected chi connectivity index (χ1v) is 8.23. The molecule has 1 saturated heterocycles. The fraction of sp³-hybridized carbons (Fsp3) is 0.316. The lowest BCUT2D eigenvalue weighted by Crippen LogP contribution is -2.46. The third-order valence-corrected chi connectivity index (χ3v) is 4.61. The molecule has 0 spiro atoms. The highest BCUT2D eigenvalue weighted by molar-refractivity contribution is 5.81. The highest BCUT2D eigenvalue weighted by atomic mass is 19.1. The number of piperidine rings is 1. The monoisotopic (exact) mass is 342 g/mol. The SMILES string of the molecule is O=C(O)[C@H]1CCC(=O)N(CCc2cccnc2)[C@@H]1c1ccccc1F. The molecule has 1 aromatic carbocycles. The van der Waals surface area contributed by atoms with Gasteiger partial charge in [-0.1, -0.05) is 24.3 Å². The predicted molar refractivity (Wildman–Crippen MR) is 89.2 cm³/mol. The number of aliphatic carboxylic acids is 1. The molecule has 0 saturated carbocycles. The van der Waals surface area contributed by atoms with Crippen LogP contribution in [0.1, 0.15) is 30.0 Å². The largest absolute Gasteiger partial charge is 0.481 e. The number of benzene rings is 1. The number of hydrogen-bond acceptors (Lipinski definition) is 3. The Balaban J connectivity index is 1.92. The van der Waals surface area contributed by atoms with Gasteiger partial charge in [0.15, 0.2) is 0 Å². The minimum atomic E-state index is -1.01. The Morgan fingerprint density at radius 2 is 2.08 bits per heavy atom. The Kier molecular flexibility index (Phi) is 5.07. The van der Waals surface area contributed by atoms with E-state index >= 15 is 0 Å². The van der Waals surface area contributed by atoms with Gasteiger partial charge < -0.3 is 10.0 Å². The van der Waals surface area contributed by atoms with Crippen molar-refractivity contribution in [1.29, 1.82) is 0 Å². The molecular formula is C19H19FN2O3. The van der Waals surface area contributed by atoms with E-state index in [0.29, 0.717) is 13.0 Å². The van der Waals surface area contributed by atoms with Crippen LogP contribution in [0.5, 0.6) is 0 Å². The number of carboxylic acid groups (broad SMARTS) is 1. The summed E-state index contributed by atoms with van der Waals surface area (Å²) in [7, 11) is 0. The number of nitrogens with zero attached hydrogens (tertiary/aromatic N) is 2. The van der Waals surface area contributed by atoms with Gasteiger partial charge in [-0.3, -0.25) is 14.6 Å². The fourth-order valence-electron chi connectivity index (χ4n) is 3.37. The summed E-state index contributed by atoms with van der Waals surface area (Å²) in [5.74, 6) is -2.45. The summed E-state index contributed by atoms with van der Waals surface area (Å²) in [5, 5.41) is 9.58. The molecule has 6 heteroatoms. The van der Waals surface area contributed by atoms with E-state index < -0.39 is 23.7 Å². The van der Waals surface area contributed by atoms with Gasteiger partial charge in [0, 0.05) is 30.9 Å². The van der Waals surface area contributed by atoms with Gasteiger partial charge in [0.25, 0.3) is 0 Å². The van der Waals surface area contributed by atoms with Crippen LogP contribution < -0.4 is 0 Å². The summed E-state index contributed by atoms with van der Waals surface area (Å²) >= 11 is 0. The van der Waals surface area contributed by atoms with Crippen LogP contribution >= 0.6 is 0 Å². The zero-order valence-corrected chi connectivity index (χ0v) is 13.6. The third kappa shape index (κ3) is 3.68. The molecule has 0 aliphatic carbocycles. The van der Waals surface area contributed by atoms with Crippen LogP contribution in [0.15, 0.2) is 48.8 Å². The van der Waals surface area contributed by atoms with Gasteiger partial charge in [-0.15, -0.1) is 0 Å². The number of halogens is 1. The van der Waals surface area contributed by atoms with Crippen LogP contribution in [0, 0.1) is 11.7 Å². The van der Waals surface area contributed by atoms with E-state index in [4.69, 9.17) is 0 Å². The minimum Gasteiger partial charge on any atom is -0.481 e. The molecule has 0 radical (unpaired) electrons. The van der Waals surface area contributed by atoms with E-state index in [1.165, 1.54) is 11.0 Å². The maximum absolute atomic E-state index is 14.3. The normalized spacial score (nSPS) is 20.5. The van der Waals surface area contributed by atoms with E-state index in [2.05, 4.69) is 4.98 Å². The highest BCUT2D eigenvalue weighted by Gasteiger charge is 2.41. The average Bonchev–Trinajstić information content (AvgIpc) is 2.61. The van der Waals surface area contributed by atoms with Crippen LogP contribution in [0.4, 0.5) is 4.39 Å². The summed E-state index contributed by atoms with van der Waals surface area (Å²) < 4.78 is 14.3. The van der Waals surface area contributed by atoms with Crippen LogP contribution in [-0.4, -0.2) is 33.4 Å². The van der Waals surface area contributed by atoms with E-state index in [9.17, 15) is 19.1 Å². The second kappa shape index (κ2) is 7.42. The number of carboxylic acids is 1. The number of pyridine rings is 1. The van der Waals surface area contributed by atoms with Crippen molar-refractivity contribution in [2.24, 2.45) is 5.92 Å². The van der Waals surface area contributed by atoms with Gasteiger partial charge in [0.05, 0.1) is 12.0 Å². The Hall–Kier alpha value is -2.76. The zero-order chi connectivity index (χ0) is 17.8. The minimum absolute atomic E-state index is 0.144. The molecule has 2 heterocycles. The van der Waals surface area contributed by atoms with Crippen molar-refractivity contribution in [3.63, 3.8) is 0 Å². The first-order valence-electron chi connectivity index (χ1n) is 8.23. The second-order valence-electron chi connectivity index (χ2n) is 6.15. The fourth-order valence-corrected chi connectivity index (χ4v) is 3.37. The smallest absolute Gasteiger partial charge is 0.308 e. The summed E-state index contributed by atoms with van der Waals surface area (Å²) in [4.78, 5) is 29.7. The van der Waals surface area contributed by atoms with Crippen LogP contribution in [-0.2, 0) is 16.0 Å². The van der Waals surface area contributed by atoms with Gasteiger partial charge in [-0.25, -0.2) is 4.39 Å². The van der Waals surface area contributed by atoms with E-state index in [1.807, 2.05) is 12.1 Å². The van der Waals surface area contributed by atoms with Gasteiger partial charge in [-0.05, 0) is 30.5 Å². The van der Waals surface area contributed by atoms with Crippen LogP contribution in [0.2, 0.25) is 0 Å². The van der Waals surface area contributed by atoms with E-state index in [-0.39, 0.29) is 24.3 Å². The summed E-state index contributed by atoms with van der Waals surface area (Å²) in [5.41, 5.74) is 1.20. The molecule has 25 heavy (non-hydrogen) atoms. The Labute approximate surface area is 145 Å². The lowest BCUT2D eigenvalue weighted by atomic mass is 9.84. The molecule has 1 fully saturated rings.